The molecule has 0 bridgehead atoms. The van der Waals surface area contributed by atoms with Crippen LogP contribution in [-0.2, 0) is 0 Å². The molecule has 0 amide bonds. The Bertz CT molecular complexity index is 690. The third kappa shape index (κ3) is 2.57. The smallest absolute Gasteiger partial charge is 0.0872 e. The molecule has 0 saturated heterocycles. The number of hydrogen-bond donors (Lipinski definition) is 1. The number of nitrogens with zero attached hydrogens (tertiary/aromatic N) is 2. The van der Waals surface area contributed by atoms with Crippen molar-refractivity contribution in [3.8, 4) is 5.69 Å². The summed E-state index contributed by atoms with van der Waals surface area (Å²) in [5, 5.41) is 10.1. The van der Waals surface area contributed by atoms with Crippen LogP contribution in [0, 0.1) is 0 Å². The first kappa shape index (κ1) is 13.5. The van der Waals surface area contributed by atoms with Crippen molar-refractivity contribution in [1.29, 1.82) is 0 Å². The summed E-state index contributed by atoms with van der Waals surface area (Å²) < 4.78 is 3.03. The molecule has 2 aromatic heterocycles. The summed E-state index contributed by atoms with van der Waals surface area (Å²) in [7, 11) is 1.96. The van der Waals surface area contributed by atoms with Crippen molar-refractivity contribution in [2.75, 3.05) is 7.05 Å². The van der Waals surface area contributed by atoms with Gasteiger partial charge in [0.15, 0.2) is 0 Å². The van der Waals surface area contributed by atoms with Gasteiger partial charge in [0.25, 0.3) is 0 Å². The van der Waals surface area contributed by atoms with Crippen molar-refractivity contribution < 1.29 is 0 Å². The first-order valence-electron chi connectivity index (χ1n) is 6.30. The van der Waals surface area contributed by atoms with Crippen LogP contribution < -0.4 is 5.32 Å². The van der Waals surface area contributed by atoms with Gasteiger partial charge in [0.1, 0.15) is 0 Å². The van der Waals surface area contributed by atoms with Crippen molar-refractivity contribution in [3.05, 3.63) is 69.1 Å². The fourth-order valence-electron chi connectivity index (χ4n) is 2.14. The molecule has 2 heterocycles. The van der Waals surface area contributed by atoms with Crippen LogP contribution in [0.25, 0.3) is 5.69 Å². The number of thiophene rings is 1. The average molecular weight is 348 g/mol. The largest absolute Gasteiger partial charge is 0.307 e. The minimum atomic E-state index is 0.106. The molecule has 20 heavy (non-hydrogen) atoms. The van der Waals surface area contributed by atoms with Gasteiger partial charge in [-0.1, -0.05) is 18.2 Å². The van der Waals surface area contributed by atoms with Gasteiger partial charge >= 0.3 is 0 Å². The number of halogens is 1. The van der Waals surface area contributed by atoms with Crippen LogP contribution in [-0.4, -0.2) is 16.8 Å². The van der Waals surface area contributed by atoms with Crippen LogP contribution in [0.2, 0.25) is 0 Å². The first-order valence-corrected chi connectivity index (χ1v) is 7.98. The Balaban J connectivity index is 1.95. The van der Waals surface area contributed by atoms with Crippen LogP contribution in [0.15, 0.2) is 58.5 Å². The Morgan fingerprint density at radius 1 is 1.20 bits per heavy atom. The number of rotatable bonds is 4. The maximum absolute atomic E-state index is 4.69. The molecule has 0 fully saturated rings. The normalized spacial score (nSPS) is 12.5. The second-order valence-corrected chi connectivity index (χ2v) is 6.18. The van der Waals surface area contributed by atoms with Crippen molar-refractivity contribution >= 4 is 27.3 Å². The van der Waals surface area contributed by atoms with E-state index < -0.39 is 0 Å². The van der Waals surface area contributed by atoms with Crippen LogP contribution in [0.5, 0.6) is 0 Å². The molecule has 0 saturated carbocycles. The molecule has 1 N–H and O–H groups in total. The zero-order valence-corrected chi connectivity index (χ0v) is 13.4. The van der Waals surface area contributed by atoms with Gasteiger partial charge in [-0.05, 0) is 52.6 Å². The summed E-state index contributed by atoms with van der Waals surface area (Å²) in [6.45, 7) is 0. The molecule has 5 heteroatoms. The highest BCUT2D eigenvalue weighted by atomic mass is 79.9. The van der Waals surface area contributed by atoms with Crippen LogP contribution >= 0.6 is 27.3 Å². The molecule has 0 spiro atoms. The molecule has 0 radical (unpaired) electrons. The Labute approximate surface area is 130 Å². The summed E-state index contributed by atoms with van der Waals surface area (Å²) in [6, 6.07) is 14.4. The highest BCUT2D eigenvalue weighted by molar-refractivity contribution is 9.10. The minimum absolute atomic E-state index is 0.106. The van der Waals surface area contributed by atoms with Gasteiger partial charge < -0.3 is 5.32 Å². The molecule has 0 aliphatic rings. The molecule has 0 aliphatic carbocycles. The molecule has 102 valence electrons. The van der Waals surface area contributed by atoms with Crippen LogP contribution in [0.1, 0.15) is 16.6 Å². The van der Waals surface area contributed by atoms with Crippen molar-refractivity contribution in [2.45, 2.75) is 6.04 Å². The van der Waals surface area contributed by atoms with Crippen LogP contribution in [0.3, 0.4) is 0 Å². The van der Waals surface area contributed by atoms with Gasteiger partial charge in [-0.25, -0.2) is 4.68 Å². The van der Waals surface area contributed by atoms with E-state index in [9.17, 15) is 0 Å². The van der Waals surface area contributed by atoms with E-state index in [1.54, 1.807) is 11.3 Å². The van der Waals surface area contributed by atoms with Crippen LogP contribution in [0.4, 0.5) is 0 Å². The van der Waals surface area contributed by atoms with Gasteiger partial charge in [0.2, 0.25) is 0 Å². The Kier molecular flexibility index (Phi) is 4.00. The zero-order valence-electron chi connectivity index (χ0n) is 11.0. The molecule has 1 unspecified atom stereocenters. The first-order chi connectivity index (χ1) is 9.79. The predicted molar refractivity (Wildman–Crippen MR) is 86.5 cm³/mol. The van der Waals surface area contributed by atoms with E-state index in [1.165, 1.54) is 4.88 Å². The second kappa shape index (κ2) is 5.91. The van der Waals surface area contributed by atoms with Crippen molar-refractivity contribution in [3.63, 3.8) is 0 Å². The molecule has 3 rings (SSSR count). The zero-order chi connectivity index (χ0) is 13.9. The van der Waals surface area contributed by atoms with E-state index in [1.807, 2.05) is 48.3 Å². The number of benzene rings is 1. The lowest BCUT2D eigenvalue weighted by Gasteiger charge is -2.12. The Hall–Kier alpha value is -1.43. The van der Waals surface area contributed by atoms with Crippen molar-refractivity contribution in [1.82, 2.24) is 15.1 Å². The van der Waals surface area contributed by atoms with E-state index >= 15 is 0 Å². The van der Waals surface area contributed by atoms with E-state index in [0.717, 1.165) is 15.9 Å². The monoisotopic (exact) mass is 347 g/mol. The molecule has 1 atom stereocenters. The standard InChI is InChI=1S/C15H14BrN3S/c1-17-14(15-12(16)8-10-20-15)13-7-9-19(18-13)11-5-3-2-4-6-11/h2-10,14,17H,1H3. The third-order valence-electron chi connectivity index (χ3n) is 3.12. The van der Waals surface area contributed by atoms with E-state index in [-0.39, 0.29) is 6.04 Å². The number of para-hydroxylation sites is 1. The highest BCUT2D eigenvalue weighted by Crippen LogP contribution is 2.32. The van der Waals surface area contributed by atoms with Gasteiger partial charge in [-0.2, -0.15) is 5.10 Å². The maximum Gasteiger partial charge on any atom is 0.0872 e. The molecule has 1 aromatic carbocycles. The highest BCUT2D eigenvalue weighted by Gasteiger charge is 2.19. The Morgan fingerprint density at radius 2 is 2.00 bits per heavy atom. The van der Waals surface area contributed by atoms with Gasteiger partial charge in [-0.15, -0.1) is 11.3 Å². The molecular formula is C15H14BrN3S. The average Bonchev–Trinajstić information content (AvgIpc) is 3.12. The topological polar surface area (TPSA) is 29.9 Å². The Morgan fingerprint density at radius 3 is 2.65 bits per heavy atom. The number of hydrogen-bond acceptors (Lipinski definition) is 3. The quantitative estimate of drug-likeness (QED) is 0.772. The SMILES string of the molecule is CNC(c1ccn(-c2ccccc2)n1)c1sccc1Br. The lowest BCUT2D eigenvalue weighted by molar-refractivity contribution is 0.665. The van der Waals surface area contributed by atoms with E-state index in [4.69, 9.17) is 0 Å². The lowest BCUT2D eigenvalue weighted by Crippen LogP contribution is -2.17. The van der Waals surface area contributed by atoms with E-state index in [2.05, 4.69) is 43.9 Å². The van der Waals surface area contributed by atoms with Crippen molar-refractivity contribution in [2.24, 2.45) is 0 Å². The number of nitrogens with one attached hydrogen (secondary N) is 1. The number of aromatic nitrogens is 2. The van der Waals surface area contributed by atoms with Gasteiger partial charge in [0, 0.05) is 15.5 Å². The minimum Gasteiger partial charge on any atom is -0.307 e. The second-order valence-electron chi connectivity index (χ2n) is 4.38. The molecule has 0 aliphatic heterocycles. The summed E-state index contributed by atoms with van der Waals surface area (Å²) in [5.74, 6) is 0. The molecule has 3 nitrogen and oxygen atoms in total. The molecular weight excluding hydrogens is 334 g/mol. The maximum atomic E-state index is 4.69. The van der Waals surface area contributed by atoms with Gasteiger partial charge in [0.05, 0.1) is 17.4 Å². The summed E-state index contributed by atoms with van der Waals surface area (Å²) in [5.41, 5.74) is 2.08. The third-order valence-corrected chi connectivity index (χ3v) is 5.06. The van der Waals surface area contributed by atoms with Gasteiger partial charge in [-0.3, -0.25) is 0 Å². The summed E-state index contributed by atoms with van der Waals surface area (Å²) in [4.78, 5) is 1.24. The lowest BCUT2D eigenvalue weighted by atomic mass is 10.2. The summed E-state index contributed by atoms with van der Waals surface area (Å²) >= 11 is 5.32. The van der Waals surface area contributed by atoms with E-state index in [0.29, 0.717) is 0 Å². The fraction of sp³-hybridized carbons (Fsp3) is 0.133. The fourth-order valence-corrected chi connectivity index (χ4v) is 3.86. The molecule has 3 aromatic rings. The predicted octanol–water partition coefficient (Wildman–Crippen LogP) is 4.01. The summed E-state index contributed by atoms with van der Waals surface area (Å²) in [6.07, 6.45) is 2.00.